The van der Waals surface area contributed by atoms with Crippen LogP contribution in [0.25, 0.3) is 0 Å². The maximum atomic E-state index is 8.46. The second kappa shape index (κ2) is 7.28. The van der Waals surface area contributed by atoms with E-state index in [9.17, 15) is 0 Å². The zero-order valence-corrected chi connectivity index (χ0v) is 10.9. The van der Waals surface area contributed by atoms with Crippen LogP contribution in [0.2, 0.25) is 0 Å². The van der Waals surface area contributed by atoms with Gasteiger partial charge in [-0.15, -0.1) is 0 Å². The molecule has 0 aliphatic rings. The first-order valence-electron chi connectivity index (χ1n) is 5.67. The van der Waals surface area contributed by atoms with Crippen LogP contribution in [0, 0.1) is 11.3 Å². The monoisotopic (exact) mass is 250 g/mol. The van der Waals surface area contributed by atoms with Crippen molar-refractivity contribution in [3.63, 3.8) is 0 Å². The van der Waals surface area contributed by atoms with Gasteiger partial charge in [-0.25, -0.2) is 0 Å². The van der Waals surface area contributed by atoms with Crippen molar-refractivity contribution in [2.45, 2.75) is 12.8 Å². The van der Waals surface area contributed by atoms with Crippen molar-refractivity contribution in [3.8, 4) is 23.3 Å². The molecule has 0 fully saturated rings. The van der Waals surface area contributed by atoms with Crippen molar-refractivity contribution >= 4 is 5.69 Å². The van der Waals surface area contributed by atoms with Gasteiger partial charge in [-0.3, -0.25) is 0 Å². The van der Waals surface area contributed by atoms with Crippen molar-refractivity contribution < 1.29 is 14.2 Å². The number of nitrogens with one attached hydrogen (secondary N) is 1. The number of nitriles is 1. The van der Waals surface area contributed by atoms with Gasteiger partial charge in [0, 0.05) is 30.8 Å². The molecule has 0 aliphatic carbocycles. The largest absolute Gasteiger partial charge is 0.493 e. The van der Waals surface area contributed by atoms with Gasteiger partial charge in [0.1, 0.15) is 0 Å². The number of nitrogens with zero attached hydrogens (tertiary/aromatic N) is 1. The number of hydrogen-bond acceptors (Lipinski definition) is 5. The highest BCUT2D eigenvalue weighted by Crippen LogP contribution is 2.39. The van der Waals surface area contributed by atoms with Crippen LogP contribution in [0.4, 0.5) is 5.69 Å². The smallest absolute Gasteiger partial charge is 0.203 e. The number of benzene rings is 1. The summed E-state index contributed by atoms with van der Waals surface area (Å²) >= 11 is 0. The molecule has 1 aromatic carbocycles. The standard InChI is InChI=1S/C13H18N2O3/c1-16-11-8-10(15-7-5-4-6-14)9-12(17-2)13(11)18-3/h8-9,15H,4-5,7H2,1-3H3. The van der Waals surface area contributed by atoms with Gasteiger partial charge in [0.25, 0.3) is 0 Å². The fraction of sp³-hybridized carbons (Fsp3) is 0.462. The average molecular weight is 250 g/mol. The Balaban J connectivity index is 2.83. The molecule has 0 radical (unpaired) electrons. The molecule has 18 heavy (non-hydrogen) atoms. The van der Waals surface area contributed by atoms with E-state index in [2.05, 4.69) is 11.4 Å². The number of methoxy groups -OCH3 is 3. The summed E-state index contributed by atoms with van der Waals surface area (Å²) in [6.07, 6.45) is 1.34. The zero-order chi connectivity index (χ0) is 13.4. The van der Waals surface area contributed by atoms with Gasteiger partial charge in [-0.1, -0.05) is 0 Å². The van der Waals surface area contributed by atoms with Crippen LogP contribution in [-0.2, 0) is 0 Å². The Labute approximate surface area is 107 Å². The van der Waals surface area contributed by atoms with E-state index in [0.717, 1.165) is 18.7 Å². The molecule has 0 saturated heterocycles. The third kappa shape index (κ3) is 3.45. The second-order valence-corrected chi connectivity index (χ2v) is 3.60. The Morgan fingerprint density at radius 3 is 2.17 bits per heavy atom. The van der Waals surface area contributed by atoms with E-state index in [1.165, 1.54) is 0 Å². The Kier molecular flexibility index (Phi) is 5.65. The van der Waals surface area contributed by atoms with Crippen molar-refractivity contribution in [1.29, 1.82) is 5.26 Å². The summed E-state index contributed by atoms with van der Waals surface area (Å²) in [5.41, 5.74) is 0.877. The minimum atomic E-state index is 0.539. The summed E-state index contributed by atoms with van der Waals surface area (Å²) in [5.74, 6) is 1.79. The maximum Gasteiger partial charge on any atom is 0.203 e. The molecule has 0 heterocycles. The number of anilines is 1. The molecule has 5 nitrogen and oxygen atoms in total. The normalized spacial score (nSPS) is 9.44. The van der Waals surface area contributed by atoms with Crippen LogP contribution >= 0.6 is 0 Å². The van der Waals surface area contributed by atoms with Crippen LogP contribution in [0.5, 0.6) is 17.2 Å². The van der Waals surface area contributed by atoms with Gasteiger partial charge in [0.15, 0.2) is 11.5 Å². The van der Waals surface area contributed by atoms with Crippen LogP contribution in [-0.4, -0.2) is 27.9 Å². The minimum Gasteiger partial charge on any atom is -0.493 e. The first kappa shape index (κ1) is 14.0. The van der Waals surface area contributed by atoms with E-state index < -0.39 is 0 Å². The first-order chi connectivity index (χ1) is 8.76. The van der Waals surface area contributed by atoms with E-state index in [1.807, 2.05) is 12.1 Å². The van der Waals surface area contributed by atoms with E-state index in [1.54, 1.807) is 21.3 Å². The van der Waals surface area contributed by atoms with Crippen LogP contribution in [0.15, 0.2) is 12.1 Å². The highest BCUT2D eigenvalue weighted by atomic mass is 16.5. The molecule has 1 rings (SSSR count). The number of ether oxygens (including phenoxy) is 3. The molecule has 0 spiro atoms. The molecule has 0 bridgehead atoms. The van der Waals surface area contributed by atoms with E-state index in [4.69, 9.17) is 19.5 Å². The molecular weight excluding hydrogens is 232 g/mol. The first-order valence-corrected chi connectivity index (χ1v) is 5.67. The van der Waals surface area contributed by atoms with Crippen LogP contribution < -0.4 is 19.5 Å². The summed E-state index contributed by atoms with van der Waals surface area (Å²) in [6, 6.07) is 5.79. The maximum absolute atomic E-state index is 8.46. The lowest BCUT2D eigenvalue weighted by Gasteiger charge is -2.14. The minimum absolute atomic E-state index is 0.539. The van der Waals surface area contributed by atoms with E-state index >= 15 is 0 Å². The summed E-state index contributed by atoms with van der Waals surface area (Å²) in [4.78, 5) is 0. The summed E-state index contributed by atoms with van der Waals surface area (Å²) in [5, 5.41) is 11.7. The molecule has 0 amide bonds. The Morgan fingerprint density at radius 2 is 1.72 bits per heavy atom. The molecule has 1 N–H and O–H groups in total. The van der Waals surface area contributed by atoms with Gasteiger partial charge in [-0.2, -0.15) is 5.26 Å². The molecule has 5 heteroatoms. The van der Waals surface area contributed by atoms with Crippen molar-refractivity contribution in [3.05, 3.63) is 12.1 Å². The molecule has 1 aromatic rings. The lowest BCUT2D eigenvalue weighted by Crippen LogP contribution is -2.03. The van der Waals surface area contributed by atoms with Crippen molar-refractivity contribution in [1.82, 2.24) is 0 Å². The van der Waals surface area contributed by atoms with Crippen molar-refractivity contribution in [2.75, 3.05) is 33.2 Å². The number of rotatable bonds is 7. The topological polar surface area (TPSA) is 63.5 Å². The molecule has 0 saturated carbocycles. The Hall–Kier alpha value is -2.09. The summed E-state index contributed by atoms with van der Waals surface area (Å²) in [6.45, 7) is 0.728. The molecular formula is C13H18N2O3. The van der Waals surface area contributed by atoms with Gasteiger partial charge in [0.2, 0.25) is 5.75 Å². The molecule has 0 atom stereocenters. The van der Waals surface area contributed by atoms with Crippen molar-refractivity contribution in [2.24, 2.45) is 0 Å². The Bertz CT molecular complexity index is 402. The van der Waals surface area contributed by atoms with Gasteiger partial charge < -0.3 is 19.5 Å². The quantitative estimate of drug-likeness (QED) is 0.753. The fourth-order valence-electron chi connectivity index (χ4n) is 1.58. The van der Waals surface area contributed by atoms with Gasteiger partial charge in [-0.05, 0) is 6.42 Å². The second-order valence-electron chi connectivity index (χ2n) is 3.60. The van der Waals surface area contributed by atoms with Crippen LogP contribution in [0.3, 0.4) is 0 Å². The predicted octanol–water partition coefficient (Wildman–Crippen LogP) is 2.43. The fourth-order valence-corrected chi connectivity index (χ4v) is 1.58. The van der Waals surface area contributed by atoms with E-state index in [0.29, 0.717) is 23.7 Å². The number of unbranched alkanes of at least 4 members (excludes halogenated alkanes) is 1. The molecule has 0 unspecified atom stereocenters. The summed E-state index contributed by atoms with van der Waals surface area (Å²) < 4.78 is 15.7. The SMILES string of the molecule is COc1cc(NCCCC#N)cc(OC)c1OC. The van der Waals surface area contributed by atoms with Gasteiger partial charge in [0.05, 0.1) is 27.4 Å². The average Bonchev–Trinajstić information content (AvgIpc) is 2.42. The lowest BCUT2D eigenvalue weighted by atomic mass is 10.2. The lowest BCUT2D eigenvalue weighted by molar-refractivity contribution is 0.324. The van der Waals surface area contributed by atoms with Crippen LogP contribution in [0.1, 0.15) is 12.8 Å². The van der Waals surface area contributed by atoms with Gasteiger partial charge >= 0.3 is 0 Å². The third-order valence-corrected chi connectivity index (χ3v) is 2.46. The predicted molar refractivity (Wildman–Crippen MR) is 69.4 cm³/mol. The highest BCUT2D eigenvalue weighted by Gasteiger charge is 2.12. The third-order valence-electron chi connectivity index (χ3n) is 2.46. The number of hydrogen-bond donors (Lipinski definition) is 1. The highest BCUT2D eigenvalue weighted by molar-refractivity contribution is 5.62. The molecule has 98 valence electrons. The molecule has 0 aromatic heterocycles. The Morgan fingerprint density at radius 1 is 1.11 bits per heavy atom. The molecule has 0 aliphatic heterocycles. The zero-order valence-electron chi connectivity index (χ0n) is 10.9. The summed E-state index contributed by atoms with van der Waals surface area (Å²) in [7, 11) is 4.73. The van der Waals surface area contributed by atoms with E-state index in [-0.39, 0.29) is 0 Å².